The molecule has 1 heterocycles. The Balaban J connectivity index is 1.52. The van der Waals surface area contributed by atoms with Gasteiger partial charge in [-0.1, -0.05) is 24.6 Å². The molecule has 0 saturated carbocycles. The monoisotopic (exact) mass is 446 g/mol. The van der Waals surface area contributed by atoms with E-state index in [1.165, 1.54) is 0 Å². The Morgan fingerprint density at radius 1 is 0.935 bits per heavy atom. The van der Waals surface area contributed by atoms with Crippen LogP contribution in [0, 0.1) is 0 Å². The number of carbonyl (C=O) groups excluding carboxylic acids is 1. The number of carbonyl (C=O) groups is 1. The zero-order valence-electron chi connectivity index (χ0n) is 18.1. The summed E-state index contributed by atoms with van der Waals surface area (Å²) in [4.78, 5) is 12.4. The van der Waals surface area contributed by atoms with Crippen LogP contribution in [0.1, 0.15) is 40.7 Å². The Labute approximate surface area is 184 Å². The van der Waals surface area contributed by atoms with Gasteiger partial charge in [0.15, 0.2) is 11.5 Å². The summed E-state index contributed by atoms with van der Waals surface area (Å²) >= 11 is 0. The summed E-state index contributed by atoms with van der Waals surface area (Å²) in [6, 6.07) is 12.4. The van der Waals surface area contributed by atoms with Crippen molar-refractivity contribution < 1.29 is 22.7 Å². The fourth-order valence-corrected chi connectivity index (χ4v) is 5.27. The maximum atomic E-state index is 12.6. The first kappa shape index (κ1) is 23.1. The van der Waals surface area contributed by atoms with Gasteiger partial charge in [-0.15, -0.1) is 0 Å². The lowest BCUT2D eigenvalue weighted by molar-refractivity contribution is 0.0954. The summed E-state index contributed by atoms with van der Waals surface area (Å²) < 4.78 is 37.2. The number of hydrogen-bond acceptors (Lipinski definition) is 5. The van der Waals surface area contributed by atoms with Gasteiger partial charge in [-0.05, 0) is 54.7 Å². The van der Waals surface area contributed by atoms with Gasteiger partial charge in [0.25, 0.3) is 5.91 Å². The number of piperidine rings is 1. The molecule has 0 radical (unpaired) electrons. The molecule has 1 aliphatic heterocycles. The van der Waals surface area contributed by atoms with E-state index in [2.05, 4.69) is 5.32 Å². The lowest BCUT2D eigenvalue weighted by atomic mass is 10.1. The largest absolute Gasteiger partial charge is 0.493 e. The first-order valence-electron chi connectivity index (χ1n) is 10.5. The highest BCUT2D eigenvalue weighted by Crippen LogP contribution is 2.27. The van der Waals surface area contributed by atoms with Crippen LogP contribution in [0.2, 0.25) is 0 Å². The normalized spacial score (nSPS) is 14.8. The SMILES string of the molecule is COc1ccc(CCNC(=O)c2ccc(CS(=O)(=O)N3CCCCC3)cc2)cc1OC. The molecule has 1 saturated heterocycles. The van der Waals surface area contributed by atoms with Crippen molar-refractivity contribution in [2.75, 3.05) is 33.9 Å². The van der Waals surface area contributed by atoms with Crippen LogP contribution >= 0.6 is 0 Å². The third-order valence-electron chi connectivity index (χ3n) is 5.42. The Kier molecular flexibility index (Phi) is 7.92. The molecule has 2 aromatic rings. The van der Waals surface area contributed by atoms with Crippen LogP contribution in [0.4, 0.5) is 0 Å². The molecule has 7 nitrogen and oxygen atoms in total. The molecule has 1 amide bonds. The third-order valence-corrected chi connectivity index (χ3v) is 7.27. The Morgan fingerprint density at radius 3 is 2.23 bits per heavy atom. The van der Waals surface area contributed by atoms with Crippen LogP contribution in [0.5, 0.6) is 11.5 Å². The van der Waals surface area contributed by atoms with Crippen LogP contribution in [0.25, 0.3) is 0 Å². The Bertz CT molecular complexity index is 984. The van der Waals surface area contributed by atoms with E-state index < -0.39 is 10.0 Å². The van der Waals surface area contributed by atoms with Crippen LogP contribution in [0.3, 0.4) is 0 Å². The molecule has 0 spiro atoms. The molecular weight excluding hydrogens is 416 g/mol. The van der Waals surface area contributed by atoms with E-state index in [9.17, 15) is 13.2 Å². The van der Waals surface area contributed by atoms with Crippen LogP contribution < -0.4 is 14.8 Å². The fourth-order valence-electron chi connectivity index (χ4n) is 3.66. The topological polar surface area (TPSA) is 84.9 Å². The maximum absolute atomic E-state index is 12.6. The summed E-state index contributed by atoms with van der Waals surface area (Å²) in [7, 11) is -0.134. The first-order valence-corrected chi connectivity index (χ1v) is 12.1. The molecule has 3 rings (SSSR count). The second-order valence-electron chi connectivity index (χ2n) is 7.61. The number of amides is 1. The van der Waals surface area contributed by atoms with Crippen molar-refractivity contribution in [1.29, 1.82) is 0 Å². The minimum atomic E-state index is -3.31. The van der Waals surface area contributed by atoms with Gasteiger partial charge in [0.1, 0.15) is 0 Å². The Morgan fingerprint density at radius 2 is 1.58 bits per heavy atom. The first-order chi connectivity index (χ1) is 14.9. The van der Waals surface area contributed by atoms with E-state index in [0.717, 1.165) is 24.8 Å². The van der Waals surface area contributed by atoms with Crippen molar-refractivity contribution in [3.63, 3.8) is 0 Å². The average molecular weight is 447 g/mol. The fraction of sp³-hybridized carbons (Fsp3) is 0.435. The number of sulfonamides is 1. The molecule has 0 atom stereocenters. The molecule has 0 bridgehead atoms. The molecule has 2 aromatic carbocycles. The smallest absolute Gasteiger partial charge is 0.251 e. The highest BCUT2D eigenvalue weighted by atomic mass is 32.2. The predicted molar refractivity (Wildman–Crippen MR) is 120 cm³/mol. The van der Waals surface area contributed by atoms with E-state index in [0.29, 0.717) is 48.7 Å². The highest BCUT2D eigenvalue weighted by molar-refractivity contribution is 7.88. The molecule has 168 valence electrons. The quantitative estimate of drug-likeness (QED) is 0.640. The zero-order chi connectivity index (χ0) is 22.3. The van der Waals surface area contributed by atoms with Crippen molar-refractivity contribution in [1.82, 2.24) is 9.62 Å². The van der Waals surface area contributed by atoms with Gasteiger partial charge in [-0.25, -0.2) is 12.7 Å². The van der Waals surface area contributed by atoms with Gasteiger partial charge < -0.3 is 14.8 Å². The van der Waals surface area contributed by atoms with E-state index in [4.69, 9.17) is 9.47 Å². The van der Waals surface area contributed by atoms with Crippen molar-refractivity contribution in [3.05, 3.63) is 59.2 Å². The second kappa shape index (κ2) is 10.6. The van der Waals surface area contributed by atoms with Crippen molar-refractivity contribution in [2.24, 2.45) is 0 Å². The van der Waals surface area contributed by atoms with Crippen LogP contribution in [-0.4, -0.2) is 52.5 Å². The van der Waals surface area contributed by atoms with Crippen molar-refractivity contribution >= 4 is 15.9 Å². The van der Waals surface area contributed by atoms with Crippen LogP contribution in [0.15, 0.2) is 42.5 Å². The molecule has 0 unspecified atom stereocenters. The molecule has 1 N–H and O–H groups in total. The van der Waals surface area contributed by atoms with E-state index in [-0.39, 0.29) is 11.7 Å². The minimum Gasteiger partial charge on any atom is -0.493 e. The minimum absolute atomic E-state index is 0.0335. The van der Waals surface area contributed by atoms with Gasteiger partial charge in [0.2, 0.25) is 10.0 Å². The van der Waals surface area contributed by atoms with Crippen molar-refractivity contribution in [3.8, 4) is 11.5 Å². The van der Waals surface area contributed by atoms with Crippen LogP contribution in [-0.2, 0) is 22.2 Å². The number of nitrogens with zero attached hydrogens (tertiary/aromatic N) is 1. The maximum Gasteiger partial charge on any atom is 0.251 e. The van der Waals surface area contributed by atoms with Gasteiger partial charge in [0.05, 0.1) is 20.0 Å². The van der Waals surface area contributed by atoms with Gasteiger partial charge in [-0.2, -0.15) is 0 Å². The van der Waals surface area contributed by atoms with Gasteiger partial charge >= 0.3 is 0 Å². The number of hydrogen-bond donors (Lipinski definition) is 1. The van der Waals surface area contributed by atoms with Gasteiger partial charge in [-0.3, -0.25) is 4.79 Å². The molecule has 1 aliphatic rings. The molecule has 0 aromatic heterocycles. The van der Waals surface area contributed by atoms with E-state index >= 15 is 0 Å². The lowest BCUT2D eigenvalue weighted by Gasteiger charge is -2.25. The summed E-state index contributed by atoms with van der Waals surface area (Å²) in [6.45, 7) is 1.67. The standard InChI is InChI=1S/C23H30N2O5S/c1-29-21-11-8-18(16-22(21)30-2)12-13-24-23(26)20-9-6-19(7-10-20)17-31(27,28)25-14-4-3-5-15-25/h6-11,16H,3-5,12-15,17H2,1-2H3,(H,24,26). The Hall–Kier alpha value is -2.58. The van der Waals surface area contributed by atoms with Crippen molar-refractivity contribution in [2.45, 2.75) is 31.4 Å². The zero-order valence-corrected chi connectivity index (χ0v) is 18.9. The lowest BCUT2D eigenvalue weighted by Crippen LogP contribution is -2.36. The number of rotatable bonds is 9. The number of methoxy groups -OCH3 is 2. The second-order valence-corrected chi connectivity index (χ2v) is 9.58. The number of benzene rings is 2. The van der Waals surface area contributed by atoms with E-state index in [1.807, 2.05) is 18.2 Å². The summed E-state index contributed by atoms with van der Waals surface area (Å²) in [5, 5.41) is 2.90. The molecule has 0 aliphatic carbocycles. The third kappa shape index (κ3) is 6.21. The van der Waals surface area contributed by atoms with Gasteiger partial charge in [0, 0.05) is 25.2 Å². The summed E-state index contributed by atoms with van der Waals surface area (Å²) in [5.41, 5.74) is 2.22. The average Bonchev–Trinajstić information content (AvgIpc) is 2.79. The van der Waals surface area contributed by atoms with E-state index in [1.54, 1.807) is 42.8 Å². The molecular formula is C23H30N2O5S. The molecule has 1 fully saturated rings. The molecule has 8 heteroatoms. The summed E-state index contributed by atoms with van der Waals surface area (Å²) in [5.74, 6) is 1.10. The number of nitrogens with one attached hydrogen (secondary N) is 1. The summed E-state index contributed by atoms with van der Waals surface area (Å²) in [6.07, 6.45) is 3.57. The highest BCUT2D eigenvalue weighted by Gasteiger charge is 2.24. The predicted octanol–water partition coefficient (Wildman–Crippen LogP) is 2.99. The molecule has 31 heavy (non-hydrogen) atoms. The number of ether oxygens (including phenoxy) is 2.